The molecule has 0 saturated carbocycles. The van der Waals surface area contributed by atoms with Gasteiger partial charge in [0.15, 0.2) is 5.96 Å². The molecule has 0 saturated heterocycles. The Morgan fingerprint density at radius 1 is 1.12 bits per heavy atom. The Balaban J connectivity index is 2.09. The van der Waals surface area contributed by atoms with Gasteiger partial charge in [-0.25, -0.2) is 4.99 Å². The second kappa shape index (κ2) is 9.69. The summed E-state index contributed by atoms with van der Waals surface area (Å²) in [6.45, 7) is 4.17. The van der Waals surface area contributed by atoms with Crippen molar-refractivity contribution in [2.45, 2.75) is 26.6 Å². The minimum atomic E-state index is 0.0317. The third-order valence-corrected chi connectivity index (χ3v) is 3.96. The first kappa shape index (κ1) is 18.8. The first-order valence-corrected chi connectivity index (χ1v) is 8.48. The monoisotopic (exact) mass is 341 g/mol. The van der Waals surface area contributed by atoms with Gasteiger partial charge >= 0.3 is 0 Å². The molecule has 2 N–H and O–H groups in total. The van der Waals surface area contributed by atoms with Crippen LogP contribution in [-0.2, 0) is 19.7 Å². The molecule has 0 aliphatic rings. The van der Waals surface area contributed by atoms with Crippen molar-refractivity contribution in [1.29, 1.82) is 0 Å². The van der Waals surface area contributed by atoms with Crippen molar-refractivity contribution >= 4 is 5.96 Å². The lowest BCUT2D eigenvalue weighted by Crippen LogP contribution is -2.38. The molecule has 0 spiro atoms. The van der Waals surface area contributed by atoms with Gasteiger partial charge in [-0.15, -0.1) is 0 Å². The van der Waals surface area contributed by atoms with E-state index in [1.165, 1.54) is 5.56 Å². The summed E-state index contributed by atoms with van der Waals surface area (Å²) in [6.07, 6.45) is 0. The fourth-order valence-electron chi connectivity index (χ4n) is 2.58. The van der Waals surface area contributed by atoms with E-state index in [1.807, 2.05) is 43.4 Å². The second-order valence-electron chi connectivity index (χ2n) is 5.80. The Morgan fingerprint density at radius 3 is 2.40 bits per heavy atom. The summed E-state index contributed by atoms with van der Waals surface area (Å²) in [4.78, 5) is 6.81. The minimum absolute atomic E-state index is 0.0317. The molecule has 0 unspecified atom stereocenters. The molecule has 0 fully saturated rings. The van der Waals surface area contributed by atoms with E-state index in [4.69, 9.17) is 9.73 Å². The van der Waals surface area contributed by atoms with Crippen molar-refractivity contribution in [3.63, 3.8) is 0 Å². The number of ether oxygens (including phenoxy) is 1. The molecule has 0 aliphatic carbocycles. The van der Waals surface area contributed by atoms with Crippen molar-refractivity contribution in [3.8, 4) is 5.75 Å². The maximum atomic E-state index is 9.45. The van der Waals surface area contributed by atoms with Gasteiger partial charge in [0, 0.05) is 20.1 Å². The summed E-state index contributed by atoms with van der Waals surface area (Å²) in [5.41, 5.74) is 3.14. The summed E-state index contributed by atoms with van der Waals surface area (Å²) in [5, 5.41) is 12.8. The van der Waals surface area contributed by atoms with Crippen LogP contribution in [0.4, 0.5) is 0 Å². The standard InChI is InChI=1S/C20H27N3O2/c1-4-21-20(22-13-17-7-5-6-8-18(17)15-24)23(2)14-16-9-11-19(25-3)12-10-16/h5-12,24H,4,13-15H2,1-3H3,(H,21,22). The van der Waals surface area contributed by atoms with Gasteiger partial charge in [-0.1, -0.05) is 36.4 Å². The highest BCUT2D eigenvalue weighted by Gasteiger charge is 2.08. The van der Waals surface area contributed by atoms with Gasteiger partial charge in [0.25, 0.3) is 0 Å². The lowest BCUT2D eigenvalue weighted by molar-refractivity contribution is 0.280. The molecule has 0 radical (unpaired) electrons. The number of rotatable bonds is 7. The van der Waals surface area contributed by atoms with E-state index in [9.17, 15) is 5.11 Å². The SMILES string of the molecule is CCNC(=NCc1ccccc1CO)N(C)Cc1ccc(OC)cc1. The Morgan fingerprint density at radius 2 is 1.80 bits per heavy atom. The van der Waals surface area contributed by atoms with Crippen LogP contribution in [0.2, 0.25) is 0 Å². The van der Waals surface area contributed by atoms with E-state index in [2.05, 4.69) is 29.3 Å². The first-order chi connectivity index (χ1) is 12.2. The maximum Gasteiger partial charge on any atom is 0.194 e. The highest BCUT2D eigenvalue weighted by Crippen LogP contribution is 2.13. The van der Waals surface area contributed by atoms with Gasteiger partial charge < -0.3 is 20.1 Å². The molecule has 5 nitrogen and oxygen atoms in total. The van der Waals surface area contributed by atoms with E-state index in [0.29, 0.717) is 6.54 Å². The molecule has 0 amide bonds. The van der Waals surface area contributed by atoms with Crippen molar-refractivity contribution in [3.05, 3.63) is 65.2 Å². The van der Waals surface area contributed by atoms with Crippen LogP contribution in [0.1, 0.15) is 23.6 Å². The molecule has 25 heavy (non-hydrogen) atoms. The lowest BCUT2D eigenvalue weighted by atomic mass is 10.1. The van der Waals surface area contributed by atoms with Crippen LogP contribution < -0.4 is 10.1 Å². The second-order valence-corrected chi connectivity index (χ2v) is 5.80. The van der Waals surface area contributed by atoms with Crippen molar-refractivity contribution < 1.29 is 9.84 Å². The number of hydrogen-bond acceptors (Lipinski definition) is 3. The zero-order chi connectivity index (χ0) is 18.1. The molecule has 0 heterocycles. The Bertz CT molecular complexity index is 684. The van der Waals surface area contributed by atoms with Gasteiger partial charge in [0.1, 0.15) is 5.75 Å². The van der Waals surface area contributed by atoms with Crippen molar-refractivity contribution in [1.82, 2.24) is 10.2 Å². The van der Waals surface area contributed by atoms with Crippen LogP contribution in [0.5, 0.6) is 5.75 Å². The van der Waals surface area contributed by atoms with Crippen molar-refractivity contribution in [2.75, 3.05) is 20.7 Å². The van der Waals surface area contributed by atoms with Gasteiger partial charge in [0.05, 0.1) is 20.3 Å². The van der Waals surface area contributed by atoms with Gasteiger partial charge in [-0.05, 0) is 35.7 Å². The number of aliphatic hydroxyl groups is 1. The average molecular weight is 341 g/mol. The third-order valence-electron chi connectivity index (χ3n) is 3.96. The number of nitrogens with one attached hydrogen (secondary N) is 1. The number of hydrogen-bond donors (Lipinski definition) is 2. The highest BCUT2D eigenvalue weighted by atomic mass is 16.5. The number of benzene rings is 2. The zero-order valence-corrected chi connectivity index (χ0v) is 15.2. The summed E-state index contributed by atoms with van der Waals surface area (Å²) in [5.74, 6) is 1.69. The predicted octanol–water partition coefficient (Wildman–Crippen LogP) is 2.79. The number of guanidine groups is 1. The van der Waals surface area contributed by atoms with Crippen LogP contribution in [0.15, 0.2) is 53.5 Å². The molecule has 5 heteroatoms. The van der Waals surface area contributed by atoms with E-state index in [-0.39, 0.29) is 6.61 Å². The first-order valence-electron chi connectivity index (χ1n) is 8.48. The minimum Gasteiger partial charge on any atom is -0.497 e. The molecule has 0 atom stereocenters. The molecule has 134 valence electrons. The third kappa shape index (κ3) is 5.50. The molecule has 2 aromatic rings. The van der Waals surface area contributed by atoms with Crippen LogP contribution in [0, 0.1) is 0 Å². The number of nitrogens with zero attached hydrogens (tertiary/aromatic N) is 2. The number of aliphatic hydroxyl groups excluding tert-OH is 1. The lowest BCUT2D eigenvalue weighted by Gasteiger charge is -2.22. The largest absolute Gasteiger partial charge is 0.497 e. The molecular formula is C20H27N3O2. The van der Waals surface area contributed by atoms with Crippen LogP contribution in [-0.4, -0.2) is 36.7 Å². The summed E-state index contributed by atoms with van der Waals surface area (Å²) in [6, 6.07) is 15.9. The van der Waals surface area contributed by atoms with Crippen molar-refractivity contribution in [2.24, 2.45) is 4.99 Å². The van der Waals surface area contributed by atoms with E-state index >= 15 is 0 Å². The summed E-state index contributed by atoms with van der Waals surface area (Å²) in [7, 11) is 3.69. The van der Waals surface area contributed by atoms with Gasteiger partial charge in [-0.3, -0.25) is 0 Å². The molecule has 0 aliphatic heterocycles. The predicted molar refractivity (Wildman–Crippen MR) is 102 cm³/mol. The topological polar surface area (TPSA) is 57.1 Å². The normalized spacial score (nSPS) is 11.3. The quantitative estimate of drug-likeness (QED) is 0.601. The summed E-state index contributed by atoms with van der Waals surface area (Å²) < 4.78 is 5.20. The van der Waals surface area contributed by atoms with Gasteiger partial charge in [-0.2, -0.15) is 0 Å². The molecule has 0 bridgehead atoms. The van der Waals surface area contributed by atoms with Crippen LogP contribution in [0.25, 0.3) is 0 Å². The van der Waals surface area contributed by atoms with Crippen LogP contribution in [0.3, 0.4) is 0 Å². The van der Waals surface area contributed by atoms with E-state index in [0.717, 1.165) is 35.9 Å². The smallest absolute Gasteiger partial charge is 0.194 e. The molecule has 0 aromatic heterocycles. The number of aliphatic imine (C=N–C) groups is 1. The van der Waals surface area contributed by atoms with E-state index in [1.54, 1.807) is 7.11 Å². The highest BCUT2D eigenvalue weighted by molar-refractivity contribution is 5.79. The Hall–Kier alpha value is -2.53. The van der Waals surface area contributed by atoms with Crippen LogP contribution >= 0.6 is 0 Å². The van der Waals surface area contributed by atoms with Gasteiger partial charge in [0.2, 0.25) is 0 Å². The zero-order valence-electron chi connectivity index (χ0n) is 15.2. The average Bonchev–Trinajstić information content (AvgIpc) is 2.65. The summed E-state index contributed by atoms with van der Waals surface area (Å²) >= 11 is 0. The fourth-order valence-corrected chi connectivity index (χ4v) is 2.58. The Labute approximate surface area is 150 Å². The number of methoxy groups -OCH3 is 1. The van der Waals surface area contributed by atoms with E-state index < -0.39 is 0 Å². The maximum absolute atomic E-state index is 9.45. The fraction of sp³-hybridized carbons (Fsp3) is 0.350. The Kier molecular flexibility index (Phi) is 7.29. The molecular weight excluding hydrogens is 314 g/mol. The molecule has 2 aromatic carbocycles. The molecule has 2 rings (SSSR count).